The largest absolute Gasteiger partial charge is 0.444 e. The number of carbonyl (C=O) groups is 1. The third kappa shape index (κ3) is 7.45. The monoisotopic (exact) mass is 334 g/mol. The fourth-order valence-electron chi connectivity index (χ4n) is 2.35. The molecule has 0 spiro atoms. The second-order valence-corrected chi connectivity index (χ2v) is 9.62. The lowest BCUT2D eigenvalue weighted by molar-refractivity contribution is 0.0514. The maximum absolute atomic E-state index is 11.7. The molecule has 1 heterocycles. The SMILES string of the molecule is CC(C)C(CNC(=O)OC(C)(C)C)CNC1CCS(=O)(=O)C1. The fourth-order valence-corrected chi connectivity index (χ4v) is 4.05. The Labute approximate surface area is 134 Å². The van der Waals surface area contributed by atoms with E-state index in [1.165, 1.54) is 0 Å². The molecular formula is C15H30N2O4S. The Kier molecular flexibility index (Phi) is 6.67. The summed E-state index contributed by atoms with van der Waals surface area (Å²) < 4.78 is 28.1. The van der Waals surface area contributed by atoms with Crippen molar-refractivity contribution < 1.29 is 17.9 Å². The molecule has 1 aliphatic heterocycles. The molecule has 1 rings (SSSR count). The summed E-state index contributed by atoms with van der Waals surface area (Å²) in [6.07, 6.45) is 0.258. The first-order valence-electron chi connectivity index (χ1n) is 7.89. The van der Waals surface area contributed by atoms with Crippen molar-refractivity contribution >= 4 is 15.9 Å². The molecule has 0 aromatic rings. The number of amides is 1. The van der Waals surface area contributed by atoms with Crippen molar-refractivity contribution in [1.82, 2.24) is 10.6 Å². The third-order valence-corrected chi connectivity index (χ3v) is 5.52. The van der Waals surface area contributed by atoms with E-state index in [9.17, 15) is 13.2 Å². The number of hydrogen-bond acceptors (Lipinski definition) is 5. The van der Waals surface area contributed by atoms with Gasteiger partial charge in [-0.25, -0.2) is 13.2 Å². The van der Waals surface area contributed by atoms with Crippen LogP contribution in [0.3, 0.4) is 0 Å². The number of rotatable bonds is 6. The van der Waals surface area contributed by atoms with E-state index in [2.05, 4.69) is 24.5 Å². The van der Waals surface area contributed by atoms with E-state index in [4.69, 9.17) is 4.74 Å². The van der Waals surface area contributed by atoms with Crippen LogP contribution in [0.25, 0.3) is 0 Å². The molecule has 0 aliphatic carbocycles. The van der Waals surface area contributed by atoms with Crippen LogP contribution in [0.4, 0.5) is 4.79 Å². The van der Waals surface area contributed by atoms with Gasteiger partial charge in [-0.05, 0) is 39.0 Å². The molecule has 130 valence electrons. The Morgan fingerprint density at radius 3 is 2.36 bits per heavy atom. The Morgan fingerprint density at radius 2 is 1.91 bits per heavy atom. The number of alkyl carbamates (subject to hydrolysis) is 1. The lowest BCUT2D eigenvalue weighted by Gasteiger charge is -2.25. The predicted octanol–water partition coefficient (Wildman–Crippen LogP) is 1.56. The summed E-state index contributed by atoms with van der Waals surface area (Å²) in [7, 11) is -2.86. The number of ether oxygens (including phenoxy) is 1. The summed E-state index contributed by atoms with van der Waals surface area (Å²) in [6, 6.07) is 0.0350. The Morgan fingerprint density at radius 1 is 1.27 bits per heavy atom. The van der Waals surface area contributed by atoms with Gasteiger partial charge in [0.15, 0.2) is 9.84 Å². The van der Waals surface area contributed by atoms with Crippen molar-refractivity contribution in [3.05, 3.63) is 0 Å². The Balaban J connectivity index is 2.38. The van der Waals surface area contributed by atoms with Crippen molar-refractivity contribution in [2.45, 2.75) is 52.7 Å². The molecule has 1 amide bonds. The molecule has 0 bridgehead atoms. The van der Waals surface area contributed by atoms with Gasteiger partial charge in [0, 0.05) is 19.1 Å². The number of nitrogens with one attached hydrogen (secondary N) is 2. The minimum absolute atomic E-state index is 0.0350. The first kappa shape index (κ1) is 19.2. The van der Waals surface area contributed by atoms with Crippen LogP contribution >= 0.6 is 0 Å². The number of hydrogen-bond donors (Lipinski definition) is 2. The average Bonchev–Trinajstić information content (AvgIpc) is 2.66. The van der Waals surface area contributed by atoms with Crippen molar-refractivity contribution in [2.75, 3.05) is 24.6 Å². The summed E-state index contributed by atoms with van der Waals surface area (Å²) in [6.45, 7) is 10.9. The molecule has 0 aromatic carbocycles. The summed E-state index contributed by atoms with van der Waals surface area (Å²) >= 11 is 0. The van der Waals surface area contributed by atoms with Crippen LogP contribution in [-0.4, -0.2) is 50.7 Å². The molecule has 2 unspecified atom stereocenters. The topological polar surface area (TPSA) is 84.5 Å². The lowest BCUT2D eigenvalue weighted by Crippen LogP contribution is -2.42. The van der Waals surface area contributed by atoms with E-state index in [0.717, 1.165) is 0 Å². The zero-order valence-electron chi connectivity index (χ0n) is 14.3. The van der Waals surface area contributed by atoms with Gasteiger partial charge in [0.25, 0.3) is 0 Å². The van der Waals surface area contributed by atoms with Gasteiger partial charge in [-0.15, -0.1) is 0 Å². The highest BCUT2D eigenvalue weighted by Crippen LogP contribution is 2.14. The maximum atomic E-state index is 11.7. The van der Waals surface area contributed by atoms with Gasteiger partial charge < -0.3 is 15.4 Å². The molecular weight excluding hydrogens is 304 g/mol. The summed E-state index contributed by atoms with van der Waals surface area (Å²) in [4.78, 5) is 11.7. The molecule has 0 aromatic heterocycles. The van der Waals surface area contributed by atoms with Gasteiger partial charge in [-0.3, -0.25) is 0 Å². The van der Waals surface area contributed by atoms with Crippen LogP contribution in [0.5, 0.6) is 0 Å². The predicted molar refractivity (Wildman–Crippen MR) is 87.6 cm³/mol. The van der Waals surface area contributed by atoms with E-state index >= 15 is 0 Å². The van der Waals surface area contributed by atoms with Gasteiger partial charge in [0.2, 0.25) is 0 Å². The molecule has 2 N–H and O–H groups in total. The molecule has 2 atom stereocenters. The van der Waals surface area contributed by atoms with Gasteiger partial charge in [0.05, 0.1) is 11.5 Å². The van der Waals surface area contributed by atoms with Crippen molar-refractivity contribution in [2.24, 2.45) is 11.8 Å². The van der Waals surface area contributed by atoms with Crippen LogP contribution in [0.1, 0.15) is 41.0 Å². The highest BCUT2D eigenvalue weighted by molar-refractivity contribution is 7.91. The highest BCUT2D eigenvalue weighted by Gasteiger charge is 2.28. The van der Waals surface area contributed by atoms with E-state index in [1.54, 1.807) is 0 Å². The van der Waals surface area contributed by atoms with Crippen LogP contribution in [0.15, 0.2) is 0 Å². The maximum Gasteiger partial charge on any atom is 0.407 e. The quantitative estimate of drug-likeness (QED) is 0.770. The van der Waals surface area contributed by atoms with Gasteiger partial charge in [-0.1, -0.05) is 13.8 Å². The van der Waals surface area contributed by atoms with Crippen LogP contribution in [0, 0.1) is 11.8 Å². The van der Waals surface area contributed by atoms with Crippen molar-refractivity contribution in [3.63, 3.8) is 0 Å². The van der Waals surface area contributed by atoms with Crippen LogP contribution in [-0.2, 0) is 14.6 Å². The average molecular weight is 334 g/mol. The van der Waals surface area contributed by atoms with E-state index in [0.29, 0.717) is 25.4 Å². The molecule has 1 aliphatic rings. The van der Waals surface area contributed by atoms with Crippen molar-refractivity contribution in [3.8, 4) is 0 Å². The molecule has 6 nitrogen and oxygen atoms in total. The summed E-state index contributed by atoms with van der Waals surface area (Å²) in [5.74, 6) is 1.10. The molecule has 1 fully saturated rings. The van der Waals surface area contributed by atoms with Crippen LogP contribution in [0.2, 0.25) is 0 Å². The zero-order chi connectivity index (χ0) is 17.0. The standard InChI is InChI=1S/C15H30N2O4S/c1-11(2)12(9-17-14(18)21-15(3,4)5)8-16-13-6-7-22(19,20)10-13/h11-13,16H,6-10H2,1-5H3,(H,17,18). The number of sulfone groups is 1. The zero-order valence-corrected chi connectivity index (χ0v) is 15.1. The van der Waals surface area contributed by atoms with E-state index in [1.807, 2.05) is 20.8 Å². The van der Waals surface area contributed by atoms with E-state index in [-0.39, 0.29) is 23.5 Å². The lowest BCUT2D eigenvalue weighted by atomic mass is 9.95. The second-order valence-electron chi connectivity index (χ2n) is 7.40. The highest BCUT2D eigenvalue weighted by atomic mass is 32.2. The minimum Gasteiger partial charge on any atom is -0.444 e. The summed E-state index contributed by atoms with van der Waals surface area (Å²) in [5.41, 5.74) is -0.506. The van der Waals surface area contributed by atoms with Gasteiger partial charge in [-0.2, -0.15) is 0 Å². The molecule has 0 radical (unpaired) electrons. The third-order valence-electron chi connectivity index (χ3n) is 3.75. The van der Waals surface area contributed by atoms with Crippen LogP contribution < -0.4 is 10.6 Å². The molecule has 22 heavy (non-hydrogen) atoms. The minimum atomic E-state index is -2.86. The smallest absolute Gasteiger partial charge is 0.407 e. The first-order valence-corrected chi connectivity index (χ1v) is 9.71. The summed E-state index contributed by atoms with van der Waals surface area (Å²) in [5, 5.41) is 6.11. The second kappa shape index (κ2) is 7.64. The Hall–Kier alpha value is -0.820. The molecule has 0 saturated carbocycles. The Bertz CT molecular complexity index is 468. The molecule has 1 saturated heterocycles. The van der Waals surface area contributed by atoms with Crippen molar-refractivity contribution in [1.29, 1.82) is 0 Å². The fraction of sp³-hybridized carbons (Fsp3) is 0.933. The first-order chi connectivity index (χ1) is 9.98. The van der Waals surface area contributed by atoms with Gasteiger partial charge >= 0.3 is 6.09 Å². The normalized spacial score (nSPS) is 22.5. The molecule has 7 heteroatoms. The van der Waals surface area contributed by atoms with Gasteiger partial charge in [0.1, 0.15) is 5.60 Å². The van der Waals surface area contributed by atoms with E-state index < -0.39 is 21.5 Å². The number of carbonyl (C=O) groups excluding carboxylic acids is 1.